The highest BCUT2D eigenvalue weighted by Crippen LogP contribution is 2.39. The number of carbonyl (C=O) groups excluding carboxylic acids is 1. The smallest absolute Gasteiger partial charge is 0.280 e. The van der Waals surface area contributed by atoms with Crippen LogP contribution < -0.4 is 4.74 Å². The first-order chi connectivity index (χ1) is 17.7. The number of fused-ring (bicyclic) bond motifs is 1. The number of rotatable bonds is 12. The Labute approximate surface area is 219 Å². The molecule has 1 aromatic heterocycles. The highest BCUT2D eigenvalue weighted by molar-refractivity contribution is 6.30. The maximum absolute atomic E-state index is 13.0. The van der Waals surface area contributed by atoms with Crippen LogP contribution in [0.15, 0.2) is 47.5 Å². The van der Waals surface area contributed by atoms with E-state index in [4.69, 9.17) is 4.74 Å². The summed E-state index contributed by atoms with van der Waals surface area (Å²) < 4.78 is 6.17. The molecule has 0 unspecified atom stereocenters. The molecule has 37 heavy (non-hydrogen) atoms. The van der Waals surface area contributed by atoms with Crippen molar-refractivity contribution < 1.29 is 14.6 Å². The van der Waals surface area contributed by atoms with Gasteiger partial charge >= 0.3 is 0 Å². The fourth-order valence-electron chi connectivity index (χ4n) is 4.66. The number of aromatic hydroxyl groups is 1. The van der Waals surface area contributed by atoms with Crippen LogP contribution in [0.2, 0.25) is 0 Å². The van der Waals surface area contributed by atoms with Gasteiger partial charge in [0.05, 0.1) is 29.1 Å². The van der Waals surface area contributed by atoms with Crippen molar-refractivity contribution in [2.75, 3.05) is 47.9 Å². The molecule has 1 aliphatic rings. The topological polar surface area (TPSA) is 81.2 Å². The molecule has 0 atom stereocenters. The Kier molecular flexibility index (Phi) is 8.46. The van der Waals surface area contributed by atoms with Crippen LogP contribution in [-0.2, 0) is 6.42 Å². The van der Waals surface area contributed by atoms with Gasteiger partial charge < -0.3 is 24.6 Å². The van der Waals surface area contributed by atoms with Crippen LogP contribution in [0.3, 0.4) is 0 Å². The lowest BCUT2D eigenvalue weighted by Gasteiger charge is -2.15. The summed E-state index contributed by atoms with van der Waals surface area (Å²) in [4.78, 5) is 24.7. The Hall–Kier alpha value is -3.42. The first-order valence-electron chi connectivity index (χ1n) is 13.0. The molecule has 0 aliphatic carbocycles. The second kappa shape index (κ2) is 11.8. The first-order valence-corrected chi connectivity index (χ1v) is 13.0. The lowest BCUT2D eigenvalue weighted by Crippen LogP contribution is -2.16. The van der Waals surface area contributed by atoms with Gasteiger partial charge in [0.2, 0.25) is 0 Å². The molecule has 4 rings (SSSR count). The Morgan fingerprint density at radius 3 is 2.27 bits per heavy atom. The summed E-state index contributed by atoms with van der Waals surface area (Å²) in [6.07, 6.45) is 3.94. The minimum Gasteiger partial charge on any atom is -0.494 e. The highest BCUT2D eigenvalue weighted by Gasteiger charge is 2.33. The van der Waals surface area contributed by atoms with Gasteiger partial charge in [-0.3, -0.25) is 4.79 Å². The van der Waals surface area contributed by atoms with Crippen LogP contribution in [0.5, 0.6) is 11.6 Å². The summed E-state index contributed by atoms with van der Waals surface area (Å²) in [5, 5.41) is 10.8. The van der Waals surface area contributed by atoms with E-state index in [0.29, 0.717) is 29.1 Å². The van der Waals surface area contributed by atoms with Crippen LogP contribution in [-0.4, -0.2) is 79.4 Å². The van der Waals surface area contributed by atoms with E-state index in [1.165, 1.54) is 0 Å². The second-order valence-corrected chi connectivity index (χ2v) is 10.3. The molecule has 0 spiro atoms. The van der Waals surface area contributed by atoms with Crippen LogP contribution in [0, 0.1) is 6.92 Å². The average molecular weight is 503 g/mol. The van der Waals surface area contributed by atoms with E-state index in [1.807, 2.05) is 43.3 Å². The molecule has 0 saturated heterocycles. The van der Waals surface area contributed by atoms with Gasteiger partial charge in [0, 0.05) is 12.1 Å². The zero-order chi connectivity index (χ0) is 26.5. The zero-order valence-corrected chi connectivity index (χ0v) is 22.6. The number of nitrogens with one attached hydrogen (secondary N) is 1. The van der Waals surface area contributed by atoms with Gasteiger partial charge in [-0.25, -0.2) is 4.99 Å². The molecular weight excluding hydrogens is 464 g/mol. The van der Waals surface area contributed by atoms with Crippen LogP contribution in [0.25, 0.3) is 11.3 Å². The number of amides is 1. The zero-order valence-electron chi connectivity index (χ0n) is 22.6. The van der Waals surface area contributed by atoms with Crippen molar-refractivity contribution >= 4 is 11.6 Å². The molecule has 7 heteroatoms. The van der Waals surface area contributed by atoms with Crippen molar-refractivity contribution in [3.63, 3.8) is 0 Å². The van der Waals surface area contributed by atoms with Gasteiger partial charge in [-0.1, -0.05) is 29.8 Å². The summed E-state index contributed by atoms with van der Waals surface area (Å²) >= 11 is 0. The summed E-state index contributed by atoms with van der Waals surface area (Å²) in [6.45, 7) is 4.66. The maximum Gasteiger partial charge on any atom is 0.280 e. The minimum atomic E-state index is -0.339. The van der Waals surface area contributed by atoms with Gasteiger partial charge in [0.25, 0.3) is 5.91 Å². The Balaban J connectivity index is 1.63. The quantitative estimate of drug-likeness (QED) is 0.344. The minimum absolute atomic E-state index is 0.0354. The second-order valence-electron chi connectivity index (χ2n) is 10.3. The Morgan fingerprint density at radius 1 is 0.892 bits per heavy atom. The van der Waals surface area contributed by atoms with Crippen molar-refractivity contribution in [3.05, 3.63) is 70.3 Å². The summed E-state index contributed by atoms with van der Waals surface area (Å²) in [5.74, 6) is 0.503. The van der Waals surface area contributed by atoms with E-state index in [0.717, 1.165) is 66.8 Å². The van der Waals surface area contributed by atoms with Gasteiger partial charge in [0.1, 0.15) is 5.75 Å². The van der Waals surface area contributed by atoms with Crippen molar-refractivity contribution in [1.82, 2.24) is 14.8 Å². The fourth-order valence-corrected chi connectivity index (χ4v) is 4.66. The van der Waals surface area contributed by atoms with Gasteiger partial charge in [0.15, 0.2) is 5.88 Å². The molecule has 0 fully saturated rings. The van der Waals surface area contributed by atoms with E-state index in [2.05, 4.69) is 54.0 Å². The van der Waals surface area contributed by atoms with Gasteiger partial charge in [-0.15, -0.1) is 0 Å². The number of aromatic nitrogens is 1. The van der Waals surface area contributed by atoms with Crippen molar-refractivity contribution in [1.29, 1.82) is 0 Å². The number of benzene rings is 2. The number of aliphatic imine (C=N–C) groups is 1. The number of hydrogen-bond donors (Lipinski definition) is 2. The lowest BCUT2D eigenvalue weighted by atomic mass is 9.97. The normalized spacial score (nSPS) is 12.9. The lowest BCUT2D eigenvalue weighted by molar-refractivity contribution is 0.101. The standard InChI is InChI=1S/C30H38N4O3/c1-20-10-12-21(13-11-20)27-25-26(30(36)31-27)28(32-29(25)35)23-14-15-24(37-18-8-17-34(4)5)22(19-23)9-6-7-16-33(2)3/h10-15,19,32,35H,6-9,16-18H2,1-5H3. The molecule has 1 amide bonds. The van der Waals surface area contributed by atoms with Crippen molar-refractivity contribution in [3.8, 4) is 22.9 Å². The predicted octanol–water partition coefficient (Wildman–Crippen LogP) is 4.90. The Morgan fingerprint density at radius 2 is 1.57 bits per heavy atom. The third-order valence-electron chi connectivity index (χ3n) is 6.63. The molecule has 196 valence electrons. The molecule has 1 aliphatic heterocycles. The van der Waals surface area contributed by atoms with Gasteiger partial charge in [-0.05, 0) is 96.7 Å². The molecule has 0 radical (unpaired) electrons. The number of aromatic amines is 1. The van der Waals surface area contributed by atoms with Crippen LogP contribution in [0.1, 0.15) is 51.9 Å². The number of H-pyrrole nitrogens is 1. The van der Waals surface area contributed by atoms with E-state index >= 15 is 0 Å². The van der Waals surface area contributed by atoms with E-state index in [-0.39, 0.29) is 11.8 Å². The molecule has 7 nitrogen and oxygen atoms in total. The van der Waals surface area contributed by atoms with E-state index in [1.54, 1.807) is 0 Å². The molecule has 2 heterocycles. The number of aryl methyl sites for hydroxylation is 2. The van der Waals surface area contributed by atoms with Crippen molar-refractivity contribution in [2.24, 2.45) is 4.99 Å². The van der Waals surface area contributed by atoms with E-state index in [9.17, 15) is 9.90 Å². The summed E-state index contributed by atoms with van der Waals surface area (Å²) in [6, 6.07) is 13.8. The molecule has 3 aromatic rings. The SMILES string of the molecule is Cc1ccc(C2=NC(=O)c3c(-c4ccc(OCCCN(C)C)c(CCCCN(C)C)c4)[nH]c(O)c32)cc1. The molecule has 2 N–H and O–H groups in total. The third-order valence-corrected chi connectivity index (χ3v) is 6.63. The largest absolute Gasteiger partial charge is 0.494 e. The third kappa shape index (κ3) is 6.29. The molecule has 2 aromatic carbocycles. The Bertz CT molecular complexity index is 1270. The highest BCUT2D eigenvalue weighted by atomic mass is 16.5. The van der Waals surface area contributed by atoms with Crippen molar-refractivity contribution in [2.45, 2.75) is 32.6 Å². The van der Waals surface area contributed by atoms with Gasteiger partial charge in [-0.2, -0.15) is 0 Å². The number of nitrogens with zero attached hydrogens (tertiary/aromatic N) is 3. The number of unbranched alkanes of at least 4 members (excludes halogenated alkanes) is 1. The average Bonchev–Trinajstić information content (AvgIpc) is 3.38. The summed E-state index contributed by atoms with van der Waals surface area (Å²) in [5.41, 5.74) is 5.87. The first kappa shape index (κ1) is 26.6. The number of hydrogen-bond acceptors (Lipinski definition) is 5. The molecule has 0 saturated carbocycles. The predicted molar refractivity (Wildman–Crippen MR) is 149 cm³/mol. The fraction of sp³-hybridized carbons (Fsp3) is 0.400. The molecular formula is C30H38N4O3. The maximum atomic E-state index is 13.0. The number of carbonyl (C=O) groups is 1. The number of ether oxygens (including phenoxy) is 1. The van der Waals surface area contributed by atoms with Crippen LogP contribution in [0.4, 0.5) is 0 Å². The van der Waals surface area contributed by atoms with E-state index < -0.39 is 0 Å². The monoisotopic (exact) mass is 502 g/mol. The summed E-state index contributed by atoms with van der Waals surface area (Å²) in [7, 11) is 8.29. The molecule has 0 bridgehead atoms. The van der Waals surface area contributed by atoms with Crippen LogP contribution >= 0.6 is 0 Å².